The fraction of sp³-hybridized carbons (Fsp3) is 0.379. The molecule has 0 unspecified atom stereocenters. The Morgan fingerprint density at radius 3 is 2.84 bits per heavy atom. The van der Waals surface area contributed by atoms with E-state index in [1.807, 2.05) is 4.90 Å². The molecule has 9 heteroatoms. The number of carbonyl (C=O) groups is 1. The average molecular weight is 545 g/mol. The molecule has 1 saturated heterocycles. The van der Waals surface area contributed by atoms with Crippen LogP contribution >= 0.6 is 11.6 Å². The number of likely N-dealkylation sites (tertiary alicyclic amines) is 1. The molecule has 0 aliphatic carbocycles. The summed E-state index contributed by atoms with van der Waals surface area (Å²) in [5.74, 6) is 3.84. The van der Waals surface area contributed by atoms with Crippen molar-refractivity contribution in [2.75, 3.05) is 26.7 Å². The number of pyridine rings is 1. The lowest BCUT2D eigenvalue weighted by Gasteiger charge is -2.37. The van der Waals surface area contributed by atoms with Gasteiger partial charge in [-0.2, -0.15) is 0 Å². The van der Waals surface area contributed by atoms with E-state index in [2.05, 4.69) is 16.8 Å². The average Bonchev–Trinajstić information content (AvgIpc) is 2.89. The first kappa shape index (κ1) is 27.7. The van der Waals surface area contributed by atoms with E-state index in [0.717, 1.165) is 18.2 Å². The van der Waals surface area contributed by atoms with Crippen molar-refractivity contribution in [2.45, 2.75) is 31.9 Å². The van der Waals surface area contributed by atoms with Crippen LogP contribution in [-0.4, -0.2) is 47.7 Å². The van der Waals surface area contributed by atoms with Crippen LogP contribution in [0.1, 0.15) is 43.0 Å². The number of carboxylic acids is 1. The van der Waals surface area contributed by atoms with Crippen molar-refractivity contribution in [2.24, 2.45) is 11.8 Å². The molecule has 200 valence electrons. The number of carboxylic acid groups (broad SMARTS) is 1. The van der Waals surface area contributed by atoms with E-state index in [1.165, 1.54) is 13.3 Å². The van der Waals surface area contributed by atoms with Crippen molar-refractivity contribution in [1.82, 2.24) is 9.88 Å². The third kappa shape index (κ3) is 6.77. The largest absolute Gasteiger partial charge is 0.497 e. The Morgan fingerprint density at radius 1 is 1.26 bits per heavy atom. The molecular formula is C29H28ClF3N2O3. The smallest absolute Gasteiger partial charge is 0.303 e. The molecule has 5 nitrogen and oxygen atoms in total. The Hall–Kier alpha value is -3.28. The lowest BCUT2D eigenvalue weighted by atomic mass is 9.79. The number of alkyl halides is 1. The van der Waals surface area contributed by atoms with Gasteiger partial charge in [0.15, 0.2) is 0 Å². The van der Waals surface area contributed by atoms with E-state index < -0.39 is 23.8 Å². The van der Waals surface area contributed by atoms with Crippen LogP contribution < -0.4 is 4.74 Å². The SMILES string of the molecule is COc1ccc2ncc(Cl)c([C@@H](F)CC[C@@H]3CCN(CC#Cc4cc(F)ccc4F)C[C@H]3CC(=O)O)c2c1. The van der Waals surface area contributed by atoms with E-state index in [4.69, 9.17) is 16.3 Å². The van der Waals surface area contributed by atoms with Crippen LogP contribution in [0.2, 0.25) is 5.02 Å². The molecule has 1 aromatic heterocycles. The fourth-order valence-electron chi connectivity index (χ4n) is 5.09. The summed E-state index contributed by atoms with van der Waals surface area (Å²) in [6.07, 6.45) is 1.42. The number of nitrogens with zero attached hydrogens (tertiary/aromatic N) is 2. The summed E-state index contributed by atoms with van der Waals surface area (Å²) < 4.78 is 48.1. The molecule has 0 saturated carbocycles. The highest BCUT2D eigenvalue weighted by Gasteiger charge is 2.31. The van der Waals surface area contributed by atoms with E-state index in [9.17, 15) is 18.7 Å². The van der Waals surface area contributed by atoms with Crippen LogP contribution in [0.5, 0.6) is 5.75 Å². The Morgan fingerprint density at radius 2 is 2.08 bits per heavy atom. The lowest BCUT2D eigenvalue weighted by Crippen LogP contribution is -2.41. The predicted octanol–water partition coefficient (Wildman–Crippen LogP) is 6.43. The molecule has 2 aromatic carbocycles. The van der Waals surface area contributed by atoms with Crippen molar-refractivity contribution >= 4 is 28.5 Å². The van der Waals surface area contributed by atoms with Gasteiger partial charge in [0.1, 0.15) is 23.6 Å². The number of aromatic nitrogens is 1. The fourth-order valence-corrected chi connectivity index (χ4v) is 5.36. The number of methoxy groups -OCH3 is 1. The topological polar surface area (TPSA) is 62.7 Å². The van der Waals surface area contributed by atoms with Crippen molar-refractivity contribution < 1.29 is 27.8 Å². The van der Waals surface area contributed by atoms with Gasteiger partial charge in [-0.3, -0.25) is 14.7 Å². The Kier molecular flexibility index (Phi) is 9.13. The normalized spacial score (nSPS) is 18.6. The molecule has 3 aromatic rings. The Labute approximate surface area is 224 Å². The highest BCUT2D eigenvalue weighted by atomic mass is 35.5. The summed E-state index contributed by atoms with van der Waals surface area (Å²) in [4.78, 5) is 17.8. The molecule has 0 amide bonds. The van der Waals surface area contributed by atoms with E-state index in [1.54, 1.807) is 18.2 Å². The number of benzene rings is 2. The Balaban J connectivity index is 1.42. The summed E-state index contributed by atoms with van der Waals surface area (Å²) in [5.41, 5.74) is 0.961. The maximum absolute atomic E-state index is 15.6. The van der Waals surface area contributed by atoms with Gasteiger partial charge in [-0.15, -0.1) is 0 Å². The first-order valence-corrected chi connectivity index (χ1v) is 12.8. The maximum Gasteiger partial charge on any atom is 0.303 e. The van der Waals surface area contributed by atoms with Gasteiger partial charge >= 0.3 is 5.97 Å². The van der Waals surface area contributed by atoms with Crippen molar-refractivity contribution in [3.05, 3.63) is 70.4 Å². The number of rotatable bonds is 8. The van der Waals surface area contributed by atoms with Crippen LogP contribution in [0.4, 0.5) is 13.2 Å². The minimum Gasteiger partial charge on any atom is -0.497 e. The summed E-state index contributed by atoms with van der Waals surface area (Å²) in [6, 6.07) is 8.34. The second-order valence-electron chi connectivity index (χ2n) is 9.52. The highest BCUT2D eigenvalue weighted by Crippen LogP contribution is 2.39. The third-order valence-corrected chi connectivity index (χ3v) is 7.34. The summed E-state index contributed by atoms with van der Waals surface area (Å²) >= 11 is 6.36. The molecule has 38 heavy (non-hydrogen) atoms. The summed E-state index contributed by atoms with van der Waals surface area (Å²) in [5, 5.41) is 10.3. The van der Waals surface area contributed by atoms with Gasteiger partial charge in [0, 0.05) is 30.1 Å². The van der Waals surface area contributed by atoms with Crippen LogP contribution in [0.25, 0.3) is 10.9 Å². The number of hydrogen-bond donors (Lipinski definition) is 1. The minimum atomic E-state index is -1.35. The van der Waals surface area contributed by atoms with E-state index >= 15 is 4.39 Å². The number of fused-ring (bicyclic) bond motifs is 1. The number of halogens is 4. The van der Waals surface area contributed by atoms with E-state index in [0.29, 0.717) is 54.7 Å². The molecule has 1 fully saturated rings. The molecule has 0 bridgehead atoms. The quantitative estimate of drug-likeness (QED) is 0.331. The number of hydrogen-bond acceptors (Lipinski definition) is 4. The van der Waals surface area contributed by atoms with E-state index in [-0.39, 0.29) is 35.3 Å². The molecule has 3 atom stereocenters. The van der Waals surface area contributed by atoms with Crippen molar-refractivity contribution in [3.8, 4) is 17.6 Å². The predicted molar refractivity (Wildman–Crippen MR) is 140 cm³/mol. The maximum atomic E-state index is 15.6. The van der Waals surface area contributed by atoms with Gasteiger partial charge in [-0.05, 0) is 74.0 Å². The standard InChI is InChI=1S/C29H28ClF3N2O3/c1-38-22-6-9-27-23(15-22)29(24(30)16-34-27)26(33)7-4-18-10-12-35(17-20(18)14-28(36)37)11-2-3-19-13-21(31)5-8-25(19)32/h5-6,8-9,13,15-16,18,20,26H,4,7,10-12,14,17H2,1H3,(H,36,37)/t18-,20-,26+/m1/s1. The summed E-state index contributed by atoms with van der Waals surface area (Å²) in [7, 11) is 1.53. The lowest BCUT2D eigenvalue weighted by molar-refractivity contribution is -0.139. The zero-order chi connectivity index (χ0) is 27.2. The van der Waals surface area contributed by atoms with Crippen LogP contribution in [0.3, 0.4) is 0 Å². The summed E-state index contributed by atoms with van der Waals surface area (Å²) in [6.45, 7) is 1.42. The zero-order valence-corrected chi connectivity index (χ0v) is 21.6. The molecule has 0 radical (unpaired) electrons. The van der Waals surface area contributed by atoms with Crippen LogP contribution in [-0.2, 0) is 4.79 Å². The molecule has 1 aliphatic rings. The first-order chi connectivity index (χ1) is 18.2. The third-order valence-electron chi connectivity index (χ3n) is 7.04. The molecule has 4 rings (SSSR count). The van der Waals surface area contributed by atoms with Gasteiger partial charge in [0.05, 0.1) is 29.8 Å². The number of piperidine rings is 1. The van der Waals surface area contributed by atoms with Gasteiger partial charge in [0.2, 0.25) is 0 Å². The second kappa shape index (κ2) is 12.5. The molecule has 2 heterocycles. The monoisotopic (exact) mass is 544 g/mol. The minimum absolute atomic E-state index is 0.00985. The molecule has 1 N–H and O–H groups in total. The second-order valence-corrected chi connectivity index (χ2v) is 9.92. The van der Waals surface area contributed by atoms with Gasteiger partial charge in [-0.25, -0.2) is 13.2 Å². The van der Waals surface area contributed by atoms with Crippen LogP contribution in [0, 0.1) is 35.3 Å². The van der Waals surface area contributed by atoms with Crippen LogP contribution in [0.15, 0.2) is 42.6 Å². The molecular weight excluding hydrogens is 517 g/mol. The number of ether oxygens (including phenoxy) is 1. The molecule has 0 spiro atoms. The first-order valence-electron chi connectivity index (χ1n) is 12.4. The van der Waals surface area contributed by atoms with Crippen molar-refractivity contribution in [3.63, 3.8) is 0 Å². The number of aliphatic carboxylic acids is 1. The van der Waals surface area contributed by atoms with Gasteiger partial charge in [0.25, 0.3) is 0 Å². The Bertz CT molecular complexity index is 1370. The van der Waals surface area contributed by atoms with Crippen molar-refractivity contribution in [1.29, 1.82) is 0 Å². The zero-order valence-electron chi connectivity index (χ0n) is 20.9. The molecule has 1 aliphatic heterocycles. The van der Waals surface area contributed by atoms with Gasteiger partial charge < -0.3 is 9.84 Å². The van der Waals surface area contributed by atoms with Gasteiger partial charge in [-0.1, -0.05) is 23.4 Å². The highest BCUT2D eigenvalue weighted by molar-refractivity contribution is 6.32.